The van der Waals surface area contributed by atoms with Crippen molar-refractivity contribution in [2.75, 3.05) is 0 Å². The van der Waals surface area contributed by atoms with Gasteiger partial charge in [-0.15, -0.1) is 0 Å². The highest BCUT2D eigenvalue weighted by molar-refractivity contribution is 5.82. The summed E-state index contributed by atoms with van der Waals surface area (Å²) >= 11 is 0. The molecule has 0 unspecified atom stereocenters. The molecular weight excluding hydrogens is 424 g/mol. The zero-order valence-electron chi connectivity index (χ0n) is 21.7. The maximum Gasteiger partial charge on any atom is 0.138 e. The number of aromatic amines is 1. The molecule has 2 nitrogen and oxygen atoms in total. The van der Waals surface area contributed by atoms with E-state index in [-0.39, 0.29) is 10.8 Å². The minimum absolute atomic E-state index is 0.269. The summed E-state index contributed by atoms with van der Waals surface area (Å²) in [5.41, 5.74) is 10.1. The number of benzene rings is 3. The van der Waals surface area contributed by atoms with Crippen LogP contribution in [0, 0.1) is 11.3 Å². The number of nitrogens with zero attached hydrogens (tertiary/aromatic N) is 1. The molecule has 2 aliphatic carbocycles. The third-order valence-corrected chi connectivity index (χ3v) is 9.41. The Bertz CT molecular complexity index is 1360. The summed E-state index contributed by atoms with van der Waals surface area (Å²) in [5.74, 6) is 2.26. The summed E-state index contributed by atoms with van der Waals surface area (Å²) in [6, 6.07) is 24.6. The van der Waals surface area contributed by atoms with Gasteiger partial charge in [0.1, 0.15) is 5.82 Å². The molecule has 2 aliphatic rings. The number of nitrogens with one attached hydrogen (secondary N) is 1. The van der Waals surface area contributed by atoms with E-state index in [0.29, 0.717) is 11.8 Å². The molecule has 2 heteroatoms. The van der Waals surface area contributed by atoms with E-state index in [1.165, 1.54) is 43.2 Å². The van der Waals surface area contributed by atoms with E-state index in [9.17, 15) is 0 Å². The van der Waals surface area contributed by atoms with Crippen LogP contribution in [0.3, 0.4) is 0 Å². The van der Waals surface area contributed by atoms with E-state index in [2.05, 4.69) is 99.4 Å². The molecule has 180 valence electrons. The Morgan fingerprint density at radius 2 is 1.80 bits per heavy atom. The summed E-state index contributed by atoms with van der Waals surface area (Å²) in [7, 11) is 0. The Morgan fingerprint density at radius 3 is 2.60 bits per heavy atom. The van der Waals surface area contributed by atoms with Crippen molar-refractivity contribution in [2.24, 2.45) is 11.3 Å². The van der Waals surface area contributed by atoms with Crippen molar-refractivity contribution >= 4 is 11.0 Å². The van der Waals surface area contributed by atoms with Gasteiger partial charge in [0.25, 0.3) is 0 Å². The molecule has 3 atom stereocenters. The lowest BCUT2D eigenvalue weighted by molar-refractivity contribution is 0.0260. The zero-order chi connectivity index (χ0) is 24.2. The molecule has 4 aromatic rings. The smallest absolute Gasteiger partial charge is 0.138 e. The molecular formula is C33H38N2. The standard InChI is InChI=1S/C33H38N2/c1-22(2)24-14-16-27-25(20-24)15-17-29-32(3,18-9-19-33(27,29)4)21-26-12-8-13-28-30(26)35-31(34-28)23-10-6-5-7-11-23/h5-8,10-14,16,20,22,29H,9,15,17-19,21H2,1-4H3,(H,34,35)/t29-,32+,33+/m0/s1. The average Bonchev–Trinajstić information content (AvgIpc) is 3.30. The van der Waals surface area contributed by atoms with Crippen LogP contribution in [0.25, 0.3) is 22.4 Å². The van der Waals surface area contributed by atoms with Crippen LogP contribution in [-0.4, -0.2) is 9.97 Å². The number of H-pyrrole nitrogens is 1. The molecule has 0 saturated heterocycles. The maximum atomic E-state index is 5.11. The van der Waals surface area contributed by atoms with Gasteiger partial charge in [-0.05, 0) is 83.1 Å². The molecule has 1 fully saturated rings. The maximum absolute atomic E-state index is 5.11. The normalized spacial score (nSPS) is 26.0. The van der Waals surface area contributed by atoms with Crippen LogP contribution >= 0.6 is 0 Å². The highest BCUT2D eigenvalue weighted by Gasteiger charge is 2.51. The van der Waals surface area contributed by atoms with Gasteiger partial charge < -0.3 is 4.98 Å². The lowest BCUT2D eigenvalue weighted by atomic mass is 9.48. The molecule has 3 aromatic carbocycles. The number of aromatic nitrogens is 2. The minimum atomic E-state index is 0.269. The predicted octanol–water partition coefficient (Wildman–Crippen LogP) is 8.61. The highest BCUT2D eigenvalue weighted by Crippen LogP contribution is 2.58. The van der Waals surface area contributed by atoms with E-state index in [0.717, 1.165) is 28.8 Å². The third kappa shape index (κ3) is 3.73. The van der Waals surface area contributed by atoms with Crippen molar-refractivity contribution < 1.29 is 0 Å². The van der Waals surface area contributed by atoms with Crippen LogP contribution in [-0.2, 0) is 18.3 Å². The quantitative estimate of drug-likeness (QED) is 0.323. The first kappa shape index (κ1) is 22.6. The van der Waals surface area contributed by atoms with Crippen molar-refractivity contribution in [3.8, 4) is 11.4 Å². The monoisotopic (exact) mass is 462 g/mol. The molecule has 1 aromatic heterocycles. The predicted molar refractivity (Wildman–Crippen MR) is 147 cm³/mol. The second kappa shape index (κ2) is 8.36. The van der Waals surface area contributed by atoms with Gasteiger partial charge in [-0.3, -0.25) is 0 Å². The Labute approximate surface area is 210 Å². The van der Waals surface area contributed by atoms with Gasteiger partial charge >= 0.3 is 0 Å². The summed E-state index contributed by atoms with van der Waals surface area (Å²) in [5, 5.41) is 0. The lowest BCUT2D eigenvalue weighted by Crippen LogP contribution is -2.50. The molecule has 0 amide bonds. The van der Waals surface area contributed by atoms with Gasteiger partial charge in [0.05, 0.1) is 11.0 Å². The molecule has 0 spiro atoms. The Balaban J connectivity index is 1.36. The van der Waals surface area contributed by atoms with Crippen LogP contribution in [0.5, 0.6) is 0 Å². The fourth-order valence-electron chi connectivity index (χ4n) is 7.62. The highest BCUT2D eigenvalue weighted by atomic mass is 14.9. The average molecular weight is 463 g/mol. The van der Waals surface area contributed by atoms with E-state index >= 15 is 0 Å². The van der Waals surface area contributed by atoms with Crippen molar-refractivity contribution in [1.82, 2.24) is 9.97 Å². The van der Waals surface area contributed by atoms with Crippen molar-refractivity contribution in [1.29, 1.82) is 0 Å². The van der Waals surface area contributed by atoms with Crippen molar-refractivity contribution in [3.63, 3.8) is 0 Å². The SMILES string of the molecule is CC(C)c1ccc2c(c1)CC[C@H]1[C@@](C)(Cc3cccc4[nH]c(-c5ccccc5)nc34)CCC[C@]21C. The summed E-state index contributed by atoms with van der Waals surface area (Å²) in [6.07, 6.45) is 7.54. The van der Waals surface area contributed by atoms with E-state index in [4.69, 9.17) is 4.98 Å². The third-order valence-electron chi connectivity index (χ3n) is 9.41. The molecule has 0 radical (unpaired) electrons. The number of hydrogen-bond donors (Lipinski definition) is 1. The Hall–Kier alpha value is -2.87. The molecule has 1 heterocycles. The Kier molecular flexibility index (Phi) is 5.40. The van der Waals surface area contributed by atoms with Gasteiger partial charge in [0.15, 0.2) is 0 Å². The lowest BCUT2D eigenvalue weighted by Gasteiger charge is -2.56. The van der Waals surface area contributed by atoms with Gasteiger partial charge in [-0.25, -0.2) is 4.98 Å². The number of para-hydroxylation sites is 1. The van der Waals surface area contributed by atoms with E-state index in [1.807, 2.05) is 0 Å². The van der Waals surface area contributed by atoms with Crippen molar-refractivity contribution in [3.05, 3.63) is 89.0 Å². The molecule has 0 aliphatic heterocycles. The van der Waals surface area contributed by atoms with E-state index < -0.39 is 0 Å². The number of aryl methyl sites for hydroxylation is 1. The van der Waals surface area contributed by atoms with Crippen LogP contribution < -0.4 is 0 Å². The molecule has 1 N–H and O–H groups in total. The van der Waals surface area contributed by atoms with Gasteiger partial charge in [0.2, 0.25) is 0 Å². The second-order valence-electron chi connectivity index (χ2n) is 12.0. The Morgan fingerprint density at radius 1 is 0.971 bits per heavy atom. The molecule has 1 saturated carbocycles. The number of hydrogen-bond acceptors (Lipinski definition) is 1. The minimum Gasteiger partial charge on any atom is -0.338 e. The van der Waals surface area contributed by atoms with Gasteiger partial charge in [-0.1, -0.05) is 94.8 Å². The van der Waals surface area contributed by atoms with Gasteiger partial charge in [-0.2, -0.15) is 0 Å². The van der Waals surface area contributed by atoms with Crippen LogP contribution in [0.15, 0.2) is 66.7 Å². The zero-order valence-corrected chi connectivity index (χ0v) is 21.7. The van der Waals surface area contributed by atoms with Crippen LogP contribution in [0.1, 0.15) is 81.5 Å². The first-order valence-corrected chi connectivity index (χ1v) is 13.5. The summed E-state index contributed by atoms with van der Waals surface area (Å²) < 4.78 is 0. The number of fused-ring (bicyclic) bond motifs is 4. The summed E-state index contributed by atoms with van der Waals surface area (Å²) in [6.45, 7) is 9.77. The first-order valence-electron chi connectivity index (χ1n) is 13.5. The summed E-state index contributed by atoms with van der Waals surface area (Å²) in [4.78, 5) is 8.69. The van der Waals surface area contributed by atoms with E-state index in [1.54, 1.807) is 11.1 Å². The van der Waals surface area contributed by atoms with Crippen LogP contribution in [0.4, 0.5) is 0 Å². The topological polar surface area (TPSA) is 28.7 Å². The van der Waals surface area contributed by atoms with Crippen LogP contribution in [0.2, 0.25) is 0 Å². The number of rotatable bonds is 4. The molecule has 35 heavy (non-hydrogen) atoms. The van der Waals surface area contributed by atoms with Gasteiger partial charge in [0, 0.05) is 5.56 Å². The second-order valence-corrected chi connectivity index (χ2v) is 12.0. The number of imidazole rings is 1. The fraction of sp³-hybridized carbons (Fsp3) is 0.424. The first-order chi connectivity index (χ1) is 16.9. The molecule has 0 bridgehead atoms. The molecule has 6 rings (SSSR count). The van der Waals surface area contributed by atoms with Crippen molar-refractivity contribution in [2.45, 2.75) is 77.6 Å². The largest absolute Gasteiger partial charge is 0.338 e. The fourth-order valence-corrected chi connectivity index (χ4v) is 7.62.